The summed E-state index contributed by atoms with van der Waals surface area (Å²) < 4.78 is 0. The van der Waals surface area contributed by atoms with Crippen molar-refractivity contribution in [1.29, 1.82) is 5.26 Å². The predicted octanol–water partition coefficient (Wildman–Crippen LogP) is 2.24. The SMILES string of the molecule is N#CCCN(CC(=O)Nc1cc(Cl)ccc1N)C1CC1. The third-order valence-corrected chi connectivity index (χ3v) is 3.45. The van der Waals surface area contributed by atoms with E-state index in [4.69, 9.17) is 22.6 Å². The fraction of sp³-hybridized carbons (Fsp3) is 0.429. The Hall–Kier alpha value is -1.77. The third-order valence-electron chi connectivity index (χ3n) is 3.21. The minimum absolute atomic E-state index is 0.135. The molecule has 0 saturated heterocycles. The number of nitriles is 1. The van der Waals surface area contributed by atoms with Crippen molar-refractivity contribution >= 4 is 28.9 Å². The van der Waals surface area contributed by atoms with Crippen molar-refractivity contribution in [3.05, 3.63) is 23.2 Å². The van der Waals surface area contributed by atoms with E-state index in [-0.39, 0.29) is 12.5 Å². The molecule has 5 nitrogen and oxygen atoms in total. The van der Waals surface area contributed by atoms with E-state index in [1.54, 1.807) is 18.2 Å². The summed E-state index contributed by atoms with van der Waals surface area (Å²) in [4.78, 5) is 14.1. The van der Waals surface area contributed by atoms with Crippen LogP contribution in [0, 0.1) is 11.3 Å². The number of carbonyl (C=O) groups excluding carboxylic acids is 1. The first-order chi connectivity index (χ1) is 9.60. The minimum atomic E-state index is -0.135. The fourth-order valence-corrected chi connectivity index (χ4v) is 2.21. The van der Waals surface area contributed by atoms with Crippen molar-refractivity contribution in [1.82, 2.24) is 4.90 Å². The average Bonchev–Trinajstić information content (AvgIpc) is 3.23. The first-order valence-corrected chi connectivity index (χ1v) is 6.94. The van der Waals surface area contributed by atoms with Crippen LogP contribution in [0.25, 0.3) is 0 Å². The van der Waals surface area contributed by atoms with Gasteiger partial charge in [0.15, 0.2) is 0 Å². The van der Waals surface area contributed by atoms with Crippen molar-refractivity contribution in [3.8, 4) is 6.07 Å². The molecule has 1 aliphatic rings. The molecule has 1 fully saturated rings. The lowest BCUT2D eigenvalue weighted by Gasteiger charge is -2.20. The first kappa shape index (κ1) is 14.6. The summed E-state index contributed by atoms with van der Waals surface area (Å²) in [5.74, 6) is -0.135. The molecule has 0 unspecified atom stereocenters. The van der Waals surface area contributed by atoms with Gasteiger partial charge in [-0.15, -0.1) is 0 Å². The molecule has 0 atom stereocenters. The quantitative estimate of drug-likeness (QED) is 0.788. The van der Waals surface area contributed by atoms with Crippen LogP contribution >= 0.6 is 11.6 Å². The van der Waals surface area contributed by atoms with Gasteiger partial charge in [-0.05, 0) is 31.0 Å². The molecule has 1 saturated carbocycles. The molecule has 20 heavy (non-hydrogen) atoms. The molecule has 1 aliphatic carbocycles. The second-order valence-corrected chi connectivity index (χ2v) is 5.33. The number of rotatable bonds is 6. The Morgan fingerprint density at radius 1 is 1.55 bits per heavy atom. The number of carbonyl (C=O) groups is 1. The fourth-order valence-electron chi connectivity index (χ4n) is 2.03. The van der Waals surface area contributed by atoms with Crippen molar-refractivity contribution in [2.24, 2.45) is 0 Å². The van der Waals surface area contributed by atoms with Gasteiger partial charge in [0.2, 0.25) is 5.91 Å². The normalized spacial score (nSPS) is 14.1. The van der Waals surface area contributed by atoms with E-state index < -0.39 is 0 Å². The summed E-state index contributed by atoms with van der Waals surface area (Å²) in [6.45, 7) is 0.901. The van der Waals surface area contributed by atoms with Crippen molar-refractivity contribution in [2.45, 2.75) is 25.3 Å². The molecule has 6 heteroatoms. The Labute approximate surface area is 123 Å². The van der Waals surface area contributed by atoms with Crippen LogP contribution in [0.4, 0.5) is 11.4 Å². The number of benzene rings is 1. The highest BCUT2D eigenvalue weighted by Gasteiger charge is 2.29. The third kappa shape index (κ3) is 4.12. The van der Waals surface area contributed by atoms with Crippen LogP contribution in [0.5, 0.6) is 0 Å². The Morgan fingerprint density at radius 2 is 2.30 bits per heavy atom. The molecule has 2 rings (SSSR count). The van der Waals surface area contributed by atoms with Crippen molar-refractivity contribution in [3.63, 3.8) is 0 Å². The van der Waals surface area contributed by atoms with E-state index in [0.29, 0.717) is 35.4 Å². The summed E-state index contributed by atoms with van der Waals surface area (Å²) in [5.41, 5.74) is 6.80. The Kier molecular flexibility index (Phi) is 4.83. The maximum atomic E-state index is 12.0. The highest BCUT2D eigenvalue weighted by atomic mass is 35.5. The van der Waals surface area contributed by atoms with Gasteiger partial charge in [-0.3, -0.25) is 9.69 Å². The van der Waals surface area contributed by atoms with Gasteiger partial charge in [0.1, 0.15) is 0 Å². The van der Waals surface area contributed by atoms with Crippen molar-refractivity contribution in [2.75, 3.05) is 24.1 Å². The minimum Gasteiger partial charge on any atom is -0.397 e. The van der Waals surface area contributed by atoms with Gasteiger partial charge in [-0.25, -0.2) is 0 Å². The number of nitrogens with one attached hydrogen (secondary N) is 1. The van der Waals surface area contributed by atoms with Crippen LogP contribution in [-0.4, -0.2) is 29.9 Å². The largest absolute Gasteiger partial charge is 0.397 e. The van der Waals surface area contributed by atoms with Crippen LogP contribution in [0.3, 0.4) is 0 Å². The van der Waals surface area contributed by atoms with Gasteiger partial charge in [0.05, 0.1) is 24.0 Å². The molecule has 106 valence electrons. The number of hydrogen-bond donors (Lipinski definition) is 2. The van der Waals surface area contributed by atoms with E-state index >= 15 is 0 Å². The highest BCUT2D eigenvalue weighted by Crippen LogP contribution is 2.27. The molecule has 1 aromatic carbocycles. The lowest BCUT2D eigenvalue weighted by molar-refractivity contribution is -0.117. The van der Waals surface area contributed by atoms with Gasteiger partial charge < -0.3 is 11.1 Å². The summed E-state index contributed by atoms with van der Waals surface area (Å²) in [6.07, 6.45) is 2.62. The van der Waals surface area contributed by atoms with E-state index in [9.17, 15) is 4.79 Å². The summed E-state index contributed by atoms with van der Waals surface area (Å²) >= 11 is 5.88. The number of amides is 1. The molecule has 0 heterocycles. The monoisotopic (exact) mass is 292 g/mol. The average molecular weight is 293 g/mol. The van der Waals surface area contributed by atoms with Gasteiger partial charge in [0.25, 0.3) is 0 Å². The number of nitrogen functional groups attached to an aromatic ring is 1. The zero-order valence-electron chi connectivity index (χ0n) is 11.1. The number of nitrogens with two attached hydrogens (primary N) is 1. The zero-order chi connectivity index (χ0) is 14.5. The van der Waals surface area contributed by atoms with Crippen LogP contribution < -0.4 is 11.1 Å². The highest BCUT2D eigenvalue weighted by molar-refractivity contribution is 6.31. The number of nitrogens with zero attached hydrogens (tertiary/aromatic N) is 2. The molecular formula is C14H17ClN4O. The topological polar surface area (TPSA) is 82.2 Å². The Morgan fingerprint density at radius 3 is 2.95 bits per heavy atom. The molecule has 1 amide bonds. The van der Waals surface area contributed by atoms with Gasteiger partial charge in [0, 0.05) is 24.0 Å². The lowest BCUT2D eigenvalue weighted by atomic mass is 10.2. The van der Waals surface area contributed by atoms with Crippen LogP contribution in [-0.2, 0) is 4.79 Å². The molecule has 0 radical (unpaired) electrons. The summed E-state index contributed by atoms with van der Waals surface area (Å²) in [7, 11) is 0. The molecule has 0 aliphatic heterocycles. The van der Waals surface area contributed by atoms with Gasteiger partial charge in [-0.1, -0.05) is 11.6 Å². The molecule has 0 bridgehead atoms. The van der Waals surface area contributed by atoms with Crippen molar-refractivity contribution < 1.29 is 4.79 Å². The first-order valence-electron chi connectivity index (χ1n) is 6.56. The Balaban J connectivity index is 1.93. The number of hydrogen-bond acceptors (Lipinski definition) is 4. The van der Waals surface area contributed by atoms with Gasteiger partial charge >= 0.3 is 0 Å². The second kappa shape index (κ2) is 6.60. The smallest absolute Gasteiger partial charge is 0.238 e. The van der Waals surface area contributed by atoms with E-state index in [1.165, 1.54) is 0 Å². The van der Waals surface area contributed by atoms with Gasteiger partial charge in [-0.2, -0.15) is 5.26 Å². The Bertz CT molecular complexity index is 536. The molecule has 0 aromatic heterocycles. The van der Waals surface area contributed by atoms with Crippen LogP contribution in [0.2, 0.25) is 5.02 Å². The van der Waals surface area contributed by atoms with E-state index in [1.807, 2.05) is 4.90 Å². The van der Waals surface area contributed by atoms with E-state index in [0.717, 1.165) is 12.8 Å². The zero-order valence-corrected chi connectivity index (χ0v) is 11.9. The van der Waals surface area contributed by atoms with Crippen LogP contribution in [0.1, 0.15) is 19.3 Å². The molecule has 3 N–H and O–H groups in total. The predicted molar refractivity (Wildman–Crippen MR) is 79.3 cm³/mol. The number of halogens is 1. The van der Waals surface area contributed by atoms with Crippen LogP contribution in [0.15, 0.2) is 18.2 Å². The maximum absolute atomic E-state index is 12.0. The number of anilines is 2. The molecule has 0 spiro atoms. The lowest BCUT2D eigenvalue weighted by Crippen LogP contribution is -2.35. The van der Waals surface area contributed by atoms with E-state index in [2.05, 4.69) is 11.4 Å². The second-order valence-electron chi connectivity index (χ2n) is 4.89. The summed E-state index contributed by atoms with van der Waals surface area (Å²) in [5, 5.41) is 11.9. The maximum Gasteiger partial charge on any atom is 0.238 e. The standard InChI is InChI=1S/C14H17ClN4O/c15-10-2-5-12(17)13(8-10)18-14(20)9-19(7-1-6-16)11-3-4-11/h2,5,8,11H,1,3-4,7,9,17H2,(H,18,20). The summed E-state index contributed by atoms with van der Waals surface area (Å²) in [6, 6.07) is 7.51. The molecular weight excluding hydrogens is 276 g/mol. The molecule has 1 aromatic rings.